The third-order valence-corrected chi connectivity index (χ3v) is 2.43. The summed E-state index contributed by atoms with van der Waals surface area (Å²) in [5.74, 6) is -0.972. The normalized spacial score (nSPS) is 10.9. The molecule has 104 valence electrons. The maximum atomic E-state index is 10.6. The minimum absolute atomic E-state index is 0. The van der Waals surface area contributed by atoms with Crippen LogP contribution in [-0.2, 0) is 22.6 Å². The predicted molar refractivity (Wildman–Crippen MR) is 67.3 cm³/mol. The fourth-order valence-corrected chi connectivity index (χ4v) is 1.62. The van der Waals surface area contributed by atoms with Gasteiger partial charge in [0, 0.05) is 23.5 Å². The van der Waals surface area contributed by atoms with Crippen molar-refractivity contribution in [2.45, 2.75) is 12.5 Å². The van der Waals surface area contributed by atoms with Crippen molar-refractivity contribution >= 4 is 28.2 Å². The molecule has 0 saturated heterocycles. The van der Waals surface area contributed by atoms with Crippen LogP contribution in [0.4, 0.5) is 0 Å². The van der Waals surface area contributed by atoms with Crippen molar-refractivity contribution in [3.8, 4) is 0 Å². The van der Waals surface area contributed by atoms with Crippen molar-refractivity contribution in [2.24, 2.45) is 5.73 Å². The van der Waals surface area contributed by atoms with Crippen LogP contribution in [0.15, 0.2) is 30.5 Å². The Bertz CT molecular complexity index is 589. The van der Waals surface area contributed by atoms with Gasteiger partial charge in [-0.05, 0) is 11.6 Å². The van der Waals surface area contributed by atoms with Crippen LogP contribution >= 0.6 is 0 Å². The van der Waals surface area contributed by atoms with Crippen LogP contribution in [0.2, 0.25) is 0 Å². The van der Waals surface area contributed by atoms with Crippen LogP contribution < -0.4 is 64.8 Å². The third kappa shape index (κ3) is 8.46. The number of para-hydroxylation sites is 1. The minimum atomic E-state index is -3.11. The number of nitrogens with one attached hydrogen (secondary N) is 1. The minimum Gasteiger partial charge on any atom is -0.784 e. The number of aromatic amines is 1. The number of H-pyrrole nitrogens is 1. The summed E-state index contributed by atoms with van der Waals surface area (Å²) in [4.78, 5) is 13.7. The molecule has 0 fully saturated rings. The Morgan fingerprint density at radius 3 is 2.38 bits per heavy atom. The fourth-order valence-electron chi connectivity index (χ4n) is 1.62. The molecule has 0 spiro atoms. The number of hydrogen-bond donors (Lipinski definition) is 3. The first-order valence-electron chi connectivity index (χ1n) is 5.22. The van der Waals surface area contributed by atoms with Crippen molar-refractivity contribution in [3.63, 3.8) is 0 Å². The second-order valence-corrected chi connectivity index (χ2v) is 4.12. The third-order valence-electron chi connectivity index (χ3n) is 2.43. The summed E-state index contributed by atoms with van der Waals surface area (Å²) in [6.45, 7) is 0. The van der Waals surface area contributed by atoms with Gasteiger partial charge < -0.3 is 24.9 Å². The molecule has 4 N–H and O–H groups in total. The maximum absolute atomic E-state index is 10.6. The maximum Gasteiger partial charge on any atom is 1.00 e. The zero-order valence-corrected chi connectivity index (χ0v) is 16.6. The molecular weight excluding hydrogens is 318 g/mol. The molecule has 0 saturated carbocycles. The molecule has 0 amide bonds. The standard InChI is InChI=1S/C11H12N2O2.2Na.H2O3S/c12-9(11(14)15)5-7-6-13-10-4-2-1-3-8(7)10;;;1-4(2)3/h1-4,6,9,13H,5,12H2,(H,14,15);;;(H2,1,2,3)/q;2*+1;/p-2. The van der Waals surface area contributed by atoms with Gasteiger partial charge in [-0.3, -0.25) is 9.00 Å². The van der Waals surface area contributed by atoms with E-state index in [-0.39, 0.29) is 59.1 Å². The number of nitrogens with two attached hydrogens (primary N) is 1. The van der Waals surface area contributed by atoms with Gasteiger partial charge in [-0.15, -0.1) is 11.4 Å². The molecule has 2 aromatic rings. The van der Waals surface area contributed by atoms with Crippen molar-refractivity contribution in [1.82, 2.24) is 4.98 Å². The number of aliphatic carboxylic acids is 1. The number of fused-ring (bicyclic) bond motifs is 1. The molecule has 1 heterocycles. The Balaban J connectivity index is 0. The smallest absolute Gasteiger partial charge is 0.784 e. The van der Waals surface area contributed by atoms with E-state index in [9.17, 15) is 4.79 Å². The number of aromatic nitrogens is 1. The predicted octanol–water partition coefficient (Wildman–Crippen LogP) is -5.87. The molecule has 1 unspecified atom stereocenters. The largest absolute Gasteiger partial charge is 1.00 e. The van der Waals surface area contributed by atoms with Crippen LogP contribution in [-0.4, -0.2) is 35.4 Å². The Kier molecular flexibility index (Phi) is 13.2. The van der Waals surface area contributed by atoms with Gasteiger partial charge in [-0.2, -0.15) is 0 Å². The molecule has 1 aromatic heterocycles. The summed E-state index contributed by atoms with van der Waals surface area (Å²) in [5, 5.41) is 9.75. The van der Waals surface area contributed by atoms with Crippen molar-refractivity contribution in [2.75, 3.05) is 0 Å². The van der Waals surface area contributed by atoms with E-state index in [0.717, 1.165) is 16.5 Å². The molecular formula is C11H12N2Na2O5S. The monoisotopic (exact) mass is 330 g/mol. The first-order valence-corrected chi connectivity index (χ1v) is 6.22. The zero-order valence-electron chi connectivity index (χ0n) is 11.7. The first-order chi connectivity index (χ1) is 8.91. The second kappa shape index (κ2) is 11.8. The molecule has 0 bridgehead atoms. The number of rotatable bonds is 3. The number of carboxylic acid groups (broad SMARTS) is 1. The van der Waals surface area contributed by atoms with Crippen LogP contribution in [0.5, 0.6) is 0 Å². The Morgan fingerprint density at radius 1 is 1.33 bits per heavy atom. The SMILES string of the molecule is NC(Cc1c[nH]c2ccccc12)C(=O)O.O=S([O-])[O-].[Na+].[Na+]. The van der Waals surface area contributed by atoms with Crippen LogP contribution in [0.25, 0.3) is 10.9 Å². The van der Waals surface area contributed by atoms with Gasteiger partial charge in [-0.1, -0.05) is 18.2 Å². The van der Waals surface area contributed by atoms with E-state index in [1.165, 1.54) is 0 Å². The van der Waals surface area contributed by atoms with Crippen molar-refractivity contribution in [1.29, 1.82) is 0 Å². The number of carboxylic acids is 1. The summed E-state index contributed by atoms with van der Waals surface area (Å²) < 4.78 is 25.3. The molecule has 1 aromatic carbocycles. The van der Waals surface area contributed by atoms with Gasteiger partial charge in [0.1, 0.15) is 6.04 Å². The van der Waals surface area contributed by atoms with Gasteiger partial charge in [-0.25, -0.2) is 0 Å². The van der Waals surface area contributed by atoms with Crippen LogP contribution in [0.1, 0.15) is 5.56 Å². The molecule has 21 heavy (non-hydrogen) atoms. The van der Waals surface area contributed by atoms with E-state index in [1.807, 2.05) is 30.5 Å². The second-order valence-electron chi connectivity index (χ2n) is 3.71. The summed E-state index contributed by atoms with van der Waals surface area (Å²) in [6.07, 6.45) is 2.16. The molecule has 1 atom stereocenters. The van der Waals surface area contributed by atoms with Crippen LogP contribution in [0, 0.1) is 0 Å². The summed E-state index contributed by atoms with van der Waals surface area (Å²) in [5.41, 5.74) is 7.43. The van der Waals surface area contributed by atoms with Gasteiger partial charge >= 0.3 is 65.1 Å². The molecule has 0 aliphatic rings. The number of benzene rings is 1. The molecule has 2 rings (SSSR count). The summed E-state index contributed by atoms with van der Waals surface area (Å²) in [6, 6.07) is 6.91. The molecule has 0 aliphatic carbocycles. The van der Waals surface area contributed by atoms with E-state index < -0.39 is 23.4 Å². The molecule has 0 radical (unpaired) electrons. The Labute approximate surface area is 168 Å². The molecule has 7 nitrogen and oxygen atoms in total. The van der Waals surface area contributed by atoms with E-state index in [1.54, 1.807) is 0 Å². The van der Waals surface area contributed by atoms with Gasteiger partial charge in [0.25, 0.3) is 0 Å². The fraction of sp³-hybridized carbons (Fsp3) is 0.182. The summed E-state index contributed by atoms with van der Waals surface area (Å²) >= 11 is -3.11. The topological polar surface area (TPSA) is 142 Å². The van der Waals surface area contributed by atoms with E-state index in [4.69, 9.17) is 24.2 Å². The van der Waals surface area contributed by atoms with E-state index in [0.29, 0.717) is 6.42 Å². The van der Waals surface area contributed by atoms with Gasteiger partial charge in [0.05, 0.1) is 0 Å². The average molecular weight is 330 g/mol. The Hall–Kier alpha value is 0.260. The Morgan fingerprint density at radius 2 is 1.86 bits per heavy atom. The number of hydrogen-bond acceptors (Lipinski definition) is 5. The quantitative estimate of drug-likeness (QED) is 0.378. The van der Waals surface area contributed by atoms with E-state index in [2.05, 4.69) is 4.98 Å². The van der Waals surface area contributed by atoms with Crippen molar-refractivity contribution < 1.29 is 82.3 Å². The zero-order chi connectivity index (χ0) is 14.4. The average Bonchev–Trinajstić information content (AvgIpc) is 2.72. The summed E-state index contributed by atoms with van der Waals surface area (Å²) in [7, 11) is 0. The molecule has 10 heteroatoms. The van der Waals surface area contributed by atoms with Gasteiger partial charge in [0.2, 0.25) is 0 Å². The van der Waals surface area contributed by atoms with Crippen LogP contribution in [0.3, 0.4) is 0 Å². The van der Waals surface area contributed by atoms with E-state index >= 15 is 0 Å². The number of carbonyl (C=O) groups is 1. The molecule has 0 aliphatic heterocycles. The van der Waals surface area contributed by atoms with Gasteiger partial charge in [0.15, 0.2) is 0 Å². The van der Waals surface area contributed by atoms with Crippen molar-refractivity contribution in [3.05, 3.63) is 36.0 Å². The first kappa shape index (κ1) is 23.5.